The number of benzene rings is 3. The number of H-pyrrole nitrogens is 1. The lowest BCUT2D eigenvalue weighted by molar-refractivity contribution is 0.0730. The number of hydrogen-bond acceptors (Lipinski definition) is 3. The normalized spacial score (nSPS) is 15.0. The molecule has 2 heterocycles. The van der Waals surface area contributed by atoms with Crippen molar-refractivity contribution in [3.63, 3.8) is 0 Å². The SMILES string of the molecule is CC(C)CCOc1ccc(C2c3c(-c4ccc(Cl)cc4)n[nH]c3C(=O)N2Cc2ccccc2)cc1. The van der Waals surface area contributed by atoms with Crippen molar-refractivity contribution in [1.82, 2.24) is 15.1 Å². The summed E-state index contributed by atoms with van der Waals surface area (Å²) in [5, 5.41) is 8.21. The minimum absolute atomic E-state index is 0.0566. The summed E-state index contributed by atoms with van der Waals surface area (Å²) in [6.45, 7) is 5.56. The van der Waals surface area contributed by atoms with Gasteiger partial charge in [-0.3, -0.25) is 9.89 Å². The van der Waals surface area contributed by atoms with E-state index in [0.29, 0.717) is 29.8 Å². The maximum atomic E-state index is 13.6. The van der Waals surface area contributed by atoms with Gasteiger partial charge in [-0.1, -0.05) is 80.0 Å². The zero-order valence-electron chi connectivity index (χ0n) is 19.9. The Morgan fingerprint density at radius 3 is 2.40 bits per heavy atom. The molecular weight excluding hydrogens is 458 g/mol. The van der Waals surface area contributed by atoms with Crippen LogP contribution in [0.3, 0.4) is 0 Å². The molecule has 5 rings (SSSR count). The second kappa shape index (κ2) is 9.96. The van der Waals surface area contributed by atoms with Crippen LogP contribution in [0.15, 0.2) is 78.9 Å². The Kier molecular flexibility index (Phi) is 6.60. The van der Waals surface area contributed by atoms with E-state index in [4.69, 9.17) is 16.3 Å². The molecule has 5 nitrogen and oxygen atoms in total. The third kappa shape index (κ3) is 4.82. The molecule has 1 N–H and O–H groups in total. The summed E-state index contributed by atoms with van der Waals surface area (Å²) >= 11 is 6.12. The van der Waals surface area contributed by atoms with Gasteiger partial charge < -0.3 is 9.64 Å². The molecule has 1 aliphatic heterocycles. The topological polar surface area (TPSA) is 58.2 Å². The van der Waals surface area contributed by atoms with Gasteiger partial charge in [0, 0.05) is 22.7 Å². The average Bonchev–Trinajstić information content (AvgIpc) is 3.40. The zero-order valence-corrected chi connectivity index (χ0v) is 20.6. The Hall–Kier alpha value is -3.57. The molecule has 1 aromatic heterocycles. The quantitative estimate of drug-likeness (QED) is 0.295. The molecule has 35 heavy (non-hydrogen) atoms. The molecule has 4 aromatic rings. The van der Waals surface area contributed by atoms with Crippen LogP contribution in [-0.2, 0) is 6.54 Å². The first-order valence-electron chi connectivity index (χ1n) is 11.9. The fraction of sp³-hybridized carbons (Fsp3) is 0.241. The van der Waals surface area contributed by atoms with E-state index >= 15 is 0 Å². The minimum Gasteiger partial charge on any atom is -0.494 e. The van der Waals surface area contributed by atoms with Crippen molar-refractivity contribution in [2.45, 2.75) is 32.9 Å². The highest BCUT2D eigenvalue weighted by atomic mass is 35.5. The summed E-state index contributed by atoms with van der Waals surface area (Å²) in [6.07, 6.45) is 1.01. The number of carbonyl (C=O) groups excluding carboxylic acids is 1. The molecule has 6 heteroatoms. The Morgan fingerprint density at radius 2 is 1.71 bits per heavy atom. The first-order chi connectivity index (χ1) is 17.0. The van der Waals surface area contributed by atoms with Gasteiger partial charge in [0.15, 0.2) is 0 Å². The molecule has 3 aromatic carbocycles. The number of hydrogen-bond donors (Lipinski definition) is 1. The first-order valence-corrected chi connectivity index (χ1v) is 12.3. The number of aromatic nitrogens is 2. The van der Waals surface area contributed by atoms with Crippen LogP contribution in [0.1, 0.15) is 53.5 Å². The van der Waals surface area contributed by atoms with Gasteiger partial charge in [0.2, 0.25) is 0 Å². The number of carbonyl (C=O) groups is 1. The van der Waals surface area contributed by atoms with E-state index in [1.165, 1.54) is 0 Å². The van der Waals surface area contributed by atoms with Crippen LogP contribution < -0.4 is 4.74 Å². The summed E-state index contributed by atoms with van der Waals surface area (Å²) in [5.74, 6) is 1.37. The molecule has 178 valence electrons. The van der Waals surface area contributed by atoms with Crippen molar-refractivity contribution >= 4 is 17.5 Å². The number of halogens is 1. The molecule has 0 radical (unpaired) electrons. The average molecular weight is 486 g/mol. The maximum absolute atomic E-state index is 13.6. The van der Waals surface area contributed by atoms with Crippen LogP contribution in [0, 0.1) is 5.92 Å². The fourth-order valence-corrected chi connectivity index (χ4v) is 4.60. The number of fused-ring (bicyclic) bond motifs is 1. The van der Waals surface area contributed by atoms with E-state index in [-0.39, 0.29) is 11.9 Å². The number of aromatic amines is 1. The lowest BCUT2D eigenvalue weighted by Crippen LogP contribution is -2.29. The Morgan fingerprint density at radius 1 is 1.00 bits per heavy atom. The molecule has 0 saturated heterocycles. The highest BCUT2D eigenvalue weighted by Gasteiger charge is 2.42. The molecular formula is C29H28ClN3O2. The summed E-state index contributed by atoms with van der Waals surface area (Å²) in [5.41, 5.74) is 5.20. The molecule has 0 fully saturated rings. The van der Waals surface area contributed by atoms with Crippen molar-refractivity contribution in [2.75, 3.05) is 6.61 Å². The first kappa shape index (κ1) is 23.2. The molecule has 0 saturated carbocycles. The molecule has 0 spiro atoms. The van der Waals surface area contributed by atoms with E-state index < -0.39 is 0 Å². The molecule has 0 bridgehead atoms. The molecule has 1 atom stereocenters. The lowest BCUT2D eigenvalue weighted by atomic mass is 9.96. The molecule has 1 unspecified atom stereocenters. The number of rotatable bonds is 8. The summed E-state index contributed by atoms with van der Waals surface area (Å²) < 4.78 is 5.93. The van der Waals surface area contributed by atoms with Gasteiger partial charge in [-0.15, -0.1) is 0 Å². The second-order valence-corrected chi connectivity index (χ2v) is 9.73. The van der Waals surface area contributed by atoms with Crippen LogP contribution in [0.5, 0.6) is 5.75 Å². The van der Waals surface area contributed by atoms with Crippen LogP contribution in [-0.4, -0.2) is 27.6 Å². The van der Waals surface area contributed by atoms with Crippen LogP contribution >= 0.6 is 11.6 Å². The number of nitrogens with zero attached hydrogens (tertiary/aromatic N) is 2. The fourth-order valence-electron chi connectivity index (χ4n) is 4.47. The van der Waals surface area contributed by atoms with Gasteiger partial charge >= 0.3 is 0 Å². The molecule has 1 amide bonds. The summed E-state index contributed by atoms with van der Waals surface area (Å²) in [6, 6.07) is 25.4. The van der Waals surface area contributed by atoms with Crippen LogP contribution in [0.4, 0.5) is 0 Å². The van der Waals surface area contributed by atoms with E-state index in [0.717, 1.165) is 40.1 Å². The van der Waals surface area contributed by atoms with Gasteiger partial charge in [0.25, 0.3) is 5.91 Å². The third-order valence-electron chi connectivity index (χ3n) is 6.34. The standard InChI is InChI=1S/C29H28ClN3O2/c1-19(2)16-17-35-24-14-10-22(11-15-24)28-25-26(21-8-12-23(30)13-9-21)31-32-27(25)29(34)33(28)18-20-6-4-3-5-7-20/h3-15,19,28H,16-18H2,1-2H3,(H,31,32). The van der Waals surface area contributed by atoms with Gasteiger partial charge in [-0.2, -0.15) is 5.10 Å². The van der Waals surface area contributed by atoms with Crippen molar-refractivity contribution in [1.29, 1.82) is 0 Å². The van der Waals surface area contributed by atoms with Gasteiger partial charge in [-0.05, 0) is 47.7 Å². The van der Waals surface area contributed by atoms with Gasteiger partial charge in [0.05, 0.1) is 18.3 Å². The van der Waals surface area contributed by atoms with Gasteiger partial charge in [0.1, 0.15) is 11.4 Å². The zero-order chi connectivity index (χ0) is 24.4. The van der Waals surface area contributed by atoms with E-state index in [9.17, 15) is 4.79 Å². The van der Waals surface area contributed by atoms with Gasteiger partial charge in [-0.25, -0.2) is 0 Å². The maximum Gasteiger partial charge on any atom is 0.273 e. The number of amides is 1. The monoisotopic (exact) mass is 485 g/mol. The predicted octanol–water partition coefficient (Wildman–Crippen LogP) is 6.90. The smallest absolute Gasteiger partial charge is 0.273 e. The van der Waals surface area contributed by atoms with E-state index in [1.807, 2.05) is 83.8 Å². The lowest BCUT2D eigenvalue weighted by Gasteiger charge is -2.26. The van der Waals surface area contributed by atoms with E-state index in [1.54, 1.807) is 0 Å². The largest absolute Gasteiger partial charge is 0.494 e. The van der Waals surface area contributed by atoms with Crippen LogP contribution in [0.25, 0.3) is 11.3 Å². The Bertz CT molecular complexity index is 1300. The highest BCUT2D eigenvalue weighted by Crippen LogP contribution is 2.43. The second-order valence-electron chi connectivity index (χ2n) is 9.29. The van der Waals surface area contributed by atoms with Crippen molar-refractivity contribution in [3.05, 3.63) is 106 Å². The van der Waals surface area contributed by atoms with E-state index in [2.05, 4.69) is 24.0 Å². The van der Waals surface area contributed by atoms with Crippen molar-refractivity contribution in [3.8, 4) is 17.0 Å². The molecule has 0 aliphatic carbocycles. The van der Waals surface area contributed by atoms with Crippen molar-refractivity contribution in [2.24, 2.45) is 5.92 Å². The number of nitrogens with one attached hydrogen (secondary N) is 1. The molecule has 1 aliphatic rings. The minimum atomic E-state index is -0.271. The number of ether oxygens (including phenoxy) is 1. The van der Waals surface area contributed by atoms with Crippen molar-refractivity contribution < 1.29 is 9.53 Å². The van der Waals surface area contributed by atoms with Crippen LogP contribution in [0.2, 0.25) is 5.02 Å². The predicted molar refractivity (Wildman–Crippen MR) is 139 cm³/mol. The summed E-state index contributed by atoms with van der Waals surface area (Å²) in [7, 11) is 0. The Balaban J connectivity index is 1.52. The Labute approximate surface area is 210 Å². The third-order valence-corrected chi connectivity index (χ3v) is 6.59. The summed E-state index contributed by atoms with van der Waals surface area (Å²) in [4.78, 5) is 15.5. The highest BCUT2D eigenvalue weighted by molar-refractivity contribution is 6.30.